The Bertz CT molecular complexity index is 526. The van der Waals surface area contributed by atoms with E-state index in [1.807, 2.05) is 12.1 Å². The van der Waals surface area contributed by atoms with Crippen molar-refractivity contribution >= 4 is 5.69 Å². The van der Waals surface area contributed by atoms with Crippen molar-refractivity contribution < 1.29 is 4.74 Å². The molecule has 1 aromatic heterocycles. The van der Waals surface area contributed by atoms with E-state index >= 15 is 0 Å². The molecule has 0 saturated heterocycles. The Balaban J connectivity index is 2.25. The molecular formula is C13H15N3O. The summed E-state index contributed by atoms with van der Waals surface area (Å²) >= 11 is 0. The highest BCUT2D eigenvalue weighted by molar-refractivity contribution is 5.48. The van der Waals surface area contributed by atoms with Crippen molar-refractivity contribution in [1.29, 1.82) is 0 Å². The van der Waals surface area contributed by atoms with E-state index in [1.165, 1.54) is 18.2 Å². The van der Waals surface area contributed by atoms with Gasteiger partial charge in [0.2, 0.25) is 0 Å². The highest BCUT2D eigenvalue weighted by atomic mass is 16.5. The monoisotopic (exact) mass is 229 g/mol. The highest BCUT2D eigenvalue weighted by Gasteiger charge is 2.06. The van der Waals surface area contributed by atoms with Gasteiger partial charge in [-0.3, -0.25) is 0 Å². The number of hydrogen-bond acceptors (Lipinski definition) is 4. The number of ether oxygens (including phenoxy) is 1. The molecule has 0 fully saturated rings. The molecule has 1 heterocycles. The fraction of sp³-hybridized carbons (Fsp3) is 0.231. The third kappa shape index (κ3) is 2.53. The van der Waals surface area contributed by atoms with Gasteiger partial charge in [-0.05, 0) is 24.1 Å². The van der Waals surface area contributed by atoms with Gasteiger partial charge in [0.25, 0.3) is 5.88 Å². The molecule has 0 atom stereocenters. The molecule has 2 N–H and O–H groups in total. The molecule has 0 spiro atoms. The summed E-state index contributed by atoms with van der Waals surface area (Å²) in [7, 11) is 1.53. The Labute approximate surface area is 100 Å². The molecule has 0 bridgehead atoms. The van der Waals surface area contributed by atoms with E-state index in [0.717, 1.165) is 12.1 Å². The standard InChI is InChI=1S/C13H15N3O/c1-9-5-3-4-6-10(9)7-11-8-12(14)13(17-2)16-15-11/h3-6,8H,7H2,1-2H3,(H2,14,15). The van der Waals surface area contributed by atoms with Crippen LogP contribution in [-0.4, -0.2) is 17.3 Å². The van der Waals surface area contributed by atoms with Gasteiger partial charge in [0.05, 0.1) is 18.5 Å². The van der Waals surface area contributed by atoms with Crippen LogP contribution in [0.3, 0.4) is 0 Å². The van der Waals surface area contributed by atoms with E-state index in [0.29, 0.717) is 11.6 Å². The maximum atomic E-state index is 5.80. The van der Waals surface area contributed by atoms with Gasteiger partial charge >= 0.3 is 0 Å². The van der Waals surface area contributed by atoms with Crippen LogP contribution in [-0.2, 0) is 6.42 Å². The van der Waals surface area contributed by atoms with Crippen molar-refractivity contribution in [2.24, 2.45) is 0 Å². The fourth-order valence-corrected chi connectivity index (χ4v) is 1.69. The molecule has 0 aliphatic heterocycles. The summed E-state index contributed by atoms with van der Waals surface area (Å²) in [5, 5.41) is 8.02. The predicted octanol–water partition coefficient (Wildman–Crippen LogP) is 1.97. The minimum atomic E-state index is 0.374. The molecular weight excluding hydrogens is 214 g/mol. The minimum Gasteiger partial charge on any atom is -0.478 e. The molecule has 0 saturated carbocycles. The van der Waals surface area contributed by atoms with Crippen molar-refractivity contribution in [3.8, 4) is 5.88 Å². The van der Waals surface area contributed by atoms with Crippen LogP contribution < -0.4 is 10.5 Å². The van der Waals surface area contributed by atoms with E-state index in [-0.39, 0.29) is 0 Å². The lowest BCUT2D eigenvalue weighted by atomic mass is 10.0. The van der Waals surface area contributed by atoms with Gasteiger partial charge in [-0.2, -0.15) is 5.10 Å². The lowest BCUT2D eigenvalue weighted by Crippen LogP contribution is -2.02. The number of methoxy groups -OCH3 is 1. The SMILES string of the molecule is COc1nnc(Cc2ccccc2C)cc1N. The number of nitrogens with zero attached hydrogens (tertiary/aromatic N) is 2. The minimum absolute atomic E-state index is 0.374. The molecule has 4 nitrogen and oxygen atoms in total. The van der Waals surface area contributed by atoms with Gasteiger partial charge in [0, 0.05) is 6.42 Å². The molecule has 0 unspecified atom stereocenters. The van der Waals surface area contributed by atoms with E-state index < -0.39 is 0 Å². The quantitative estimate of drug-likeness (QED) is 0.874. The topological polar surface area (TPSA) is 61.0 Å². The van der Waals surface area contributed by atoms with E-state index in [4.69, 9.17) is 10.5 Å². The number of rotatable bonds is 3. The smallest absolute Gasteiger partial charge is 0.256 e. The van der Waals surface area contributed by atoms with Crippen LogP contribution in [0.5, 0.6) is 5.88 Å². The zero-order chi connectivity index (χ0) is 12.3. The summed E-state index contributed by atoms with van der Waals surface area (Å²) in [6, 6.07) is 10.0. The fourth-order valence-electron chi connectivity index (χ4n) is 1.69. The first-order valence-corrected chi connectivity index (χ1v) is 5.41. The van der Waals surface area contributed by atoms with Crippen LogP contribution in [0.1, 0.15) is 16.8 Å². The third-order valence-corrected chi connectivity index (χ3v) is 2.66. The van der Waals surface area contributed by atoms with Gasteiger partial charge in [-0.1, -0.05) is 24.3 Å². The maximum Gasteiger partial charge on any atom is 0.256 e. The van der Waals surface area contributed by atoms with Crippen molar-refractivity contribution in [1.82, 2.24) is 10.2 Å². The summed E-state index contributed by atoms with van der Waals surface area (Å²) in [6.07, 6.45) is 0.730. The lowest BCUT2D eigenvalue weighted by molar-refractivity contribution is 0.393. The molecule has 1 aromatic carbocycles. The number of benzene rings is 1. The largest absolute Gasteiger partial charge is 0.478 e. The first-order chi connectivity index (χ1) is 8.20. The van der Waals surface area contributed by atoms with Crippen LogP contribution in [0.4, 0.5) is 5.69 Å². The Morgan fingerprint density at radius 2 is 2.00 bits per heavy atom. The molecule has 0 radical (unpaired) electrons. The van der Waals surface area contributed by atoms with Crippen molar-refractivity contribution in [2.75, 3.05) is 12.8 Å². The molecule has 0 aliphatic rings. The number of nitrogen functional groups attached to an aromatic ring is 1. The first kappa shape index (κ1) is 11.4. The van der Waals surface area contributed by atoms with Crippen LogP contribution in [0, 0.1) is 6.92 Å². The molecule has 0 amide bonds. The van der Waals surface area contributed by atoms with Gasteiger partial charge < -0.3 is 10.5 Å². The molecule has 88 valence electrons. The summed E-state index contributed by atoms with van der Waals surface area (Å²) in [4.78, 5) is 0. The maximum absolute atomic E-state index is 5.80. The summed E-state index contributed by atoms with van der Waals surface area (Å²) in [6.45, 7) is 2.08. The number of nitrogens with two attached hydrogens (primary N) is 1. The number of aromatic nitrogens is 2. The third-order valence-electron chi connectivity index (χ3n) is 2.66. The zero-order valence-corrected chi connectivity index (χ0v) is 9.97. The van der Waals surface area contributed by atoms with E-state index in [1.54, 1.807) is 6.07 Å². The summed E-state index contributed by atoms with van der Waals surface area (Å²) in [5.74, 6) is 0.374. The molecule has 2 aromatic rings. The second-order valence-corrected chi connectivity index (χ2v) is 3.90. The van der Waals surface area contributed by atoms with Crippen LogP contribution in [0.25, 0.3) is 0 Å². The predicted molar refractivity (Wildman–Crippen MR) is 67.0 cm³/mol. The van der Waals surface area contributed by atoms with Gasteiger partial charge in [-0.25, -0.2) is 0 Å². The lowest BCUT2D eigenvalue weighted by Gasteiger charge is -2.06. The van der Waals surface area contributed by atoms with Crippen LogP contribution >= 0.6 is 0 Å². The highest BCUT2D eigenvalue weighted by Crippen LogP contribution is 2.19. The number of anilines is 1. The van der Waals surface area contributed by atoms with Crippen molar-refractivity contribution in [3.05, 3.63) is 47.2 Å². The Kier molecular flexibility index (Phi) is 3.23. The molecule has 2 rings (SSSR count). The number of aryl methyl sites for hydroxylation is 1. The molecule has 17 heavy (non-hydrogen) atoms. The Hall–Kier alpha value is -2.10. The Morgan fingerprint density at radius 3 is 2.65 bits per heavy atom. The normalized spacial score (nSPS) is 10.2. The van der Waals surface area contributed by atoms with Gasteiger partial charge in [-0.15, -0.1) is 5.10 Å². The Morgan fingerprint density at radius 1 is 1.24 bits per heavy atom. The average molecular weight is 229 g/mol. The van der Waals surface area contributed by atoms with Gasteiger partial charge in [0.1, 0.15) is 0 Å². The summed E-state index contributed by atoms with van der Waals surface area (Å²) in [5.41, 5.74) is 9.63. The summed E-state index contributed by atoms with van der Waals surface area (Å²) < 4.78 is 4.98. The van der Waals surface area contributed by atoms with Crippen LogP contribution in [0.2, 0.25) is 0 Å². The van der Waals surface area contributed by atoms with E-state index in [9.17, 15) is 0 Å². The number of hydrogen-bond donors (Lipinski definition) is 1. The zero-order valence-electron chi connectivity index (χ0n) is 9.97. The van der Waals surface area contributed by atoms with Crippen molar-refractivity contribution in [3.63, 3.8) is 0 Å². The molecule has 0 aliphatic carbocycles. The second-order valence-electron chi connectivity index (χ2n) is 3.90. The first-order valence-electron chi connectivity index (χ1n) is 5.41. The van der Waals surface area contributed by atoms with Crippen molar-refractivity contribution in [2.45, 2.75) is 13.3 Å². The average Bonchev–Trinajstić information content (AvgIpc) is 2.32. The van der Waals surface area contributed by atoms with E-state index in [2.05, 4.69) is 29.3 Å². The second kappa shape index (κ2) is 4.82. The molecule has 4 heteroatoms. The van der Waals surface area contributed by atoms with Gasteiger partial charge in [0.15, 0.2) is 0 Å². The van der Waals surface area contributed by atoms with Crippen LogP contribution in [0.15, 0.2) is 30.3 Å².